The first-order valence-electron chi connectivity index (χ1n) is 5.80. The van der Waals surface area contributed by atoms with Crippen LogP contribution in [0, 0.1) is 5.92 Å². The van der Waals surface area contributed by atoms with Crippen molar-refractivity contribution in [3.63, 3.8) is 0 Å². The zero-order valence-electron chi connectivity index (χ0n) is 9.02. The number of aromatic nitrogens is 2. The molecule has 0 radical (unpaired) electrons. The van der Waals surface area contributed by atoms with E-state index < -0.39 is 0 Å². The first-order chi connectivity index (χ1) is 7.83. The SMILES string of the molecule is O=C(Cc1nc(C2CCCS2)no1)C1CC1. The fraction of sp³-hybridized carbons (Fsp3) is 0.727. The van der Waals surface area contributed by atoms with E-state index in [0.29, 0.717) is 17.6 Å². The molecule has 2 fully saturated rings. The molecule has 0 amide bonds. The zero-order valence-corrected chi connectivity index (χ0v) is 9.83. The Hall–Kier alpha value is -0.840. The molecule has 5 heteroatoms. The van der Waals surface area contributed by atoms with E-state index in [1.807, 2.05) is 11.8 Å². The second-order valence-corrected chi connectivity index (χ2v) is 5.78. The number of ketones is 1. The summed E-state index contributed by atoms with van der Waals surface area (Å²) in [6, 6.07) is 0. The van der Waals surface area contributed by atoms with E-state index in [0.717, 1.165) is 25.1 Å². The van der Waals surface area contributed by atoms with Crippen LogP contribution in [0.1, 0.15) is 42.6 Å². The fourth-order valence-electron chi connectivity index (χ4n) is 1.95. The summed E-state index contributed by atoms with van der Waals surface area (Å²) in [4.78, 5) is 15.9. The summed E-state index contributed by atoms with van der Waals surface area (Å²) in [5.41, 5.74) is 0. The molecule has 1 aliphatic heterocycles. The van der Waals surface area contributed by atoms with Gasteiger partial charge in [-0.25, -0.2) is 0 Å². The van der Waals surface area contributed by atoms with Gasteiger partial charge in [0.2, 0.25) is 5.89 Å². The van der Waals surface area contributed by atoms with Crippen molar-refractivity contribution in [2.24, 2.45) is 5.92 Å². The van der Waals surface area contributed by atoms with E-state index in [9.17, 15) is 4.79 Å². The summed E-state index contributed by atoms with van der Waals surface area (Å²) in [6.07, 6.45) is 4.76. The van der Waals surface area contributed by atoms with Gasteiger partial charge in [0.15, 0.2) is 5.82 Å². The Morgan fingerprint density at radius 3 is 3.00 bits per heavy atom. The molecule has 0 aromatic carbocycles. The maximum absolute atomic E-state index is 11.6. The van der Waals surface area contributed by atoms with E-state index in [-0.39, 0.29) is 11.7 Å². The molecule has 86 valence electrons. The highest BCUT2D eigenvalue weighted by molar-refractivity contribution is 7.99. The van der Waals surface area contributed by atoms with Gasteiger partial charge in [-0.3, -0.25) is 4.79 Å². The molecule has 3 rings (SSSR count). The van der Waals surface area contributed by atoms with Gasteiger partial charge in [-0.15, -0.1) is 0 Å². The summed E-state index contributed by atoms with van der Waals surface area (Å²) in [5.74, 6) is 2.99. The van der Waals surface area contributed by atoms with E-state index in [2.05, 4.69) is 10.1 Å². The summed E-state index contributed by atoms with van der Waals surface area (Å²) >= 11 is 1.88. The maximum atomic E-state index is 11.6. The minimum atomic E-state index is 0.259. The van der Waals surface area contributed by atoms with Crippen LogP contribution in [0.15, 0.2) is 4.52 Å². The van der Waals surface area contributed by atoms with Gasteiger partial charge < -0.3 is 4.52 Å². The van der Waals surface area contributed by atoms with Crippen LogP contribution in [-0.2, 0) is 11.2 Å². The lowest BCUT2D eigenvalue weighted by atomic mass is 10.2. The predicted molar refractivity (Wildman–Crippen MR) is 60.2 cm³/mol. The number of carbonyl (C=O) groups is 1. The van der Waals surface area contributed by atoms with E-state index in [1.165, 1.54) is 12.2 Å². The molecular formula is C11H14N2O2S. The largest absolute Gasteiger partial charge is 0.339 e. The Bertz CT molecular complexity index is 394. The standard InChI is InChI=1S/C11H14N2O2S/c14-8(7-3-4-7)6-10-12-11(13-15-10)9-2-1-5-16-9/h7,9H,1-6H2. The summed E-state index contributed by atoms with van der Waals surface area (Å²) < 4.78 is 5.13. The van der Waals surface area contributed by atoms with E-state index in [4.69, 9.17) is 4.52 Å². The monoisotopic (exact) mass is 238 g/mol. The Balaban J connectivity index is 1.64. The van der Waals surface area contributed by atoms with Gasteiger partial charge in [0.1, 0.15) is 5.78 Å². The molecule has 1 atom stereocenters. The van der Waals surface area contributed by atoms with Crippen molar-refractivity contribution in [2.45, 2.75) is 37.4 Å². The molecule has 16 heavy (non-hydrogen) atoms. The van der Waals surface area contributed by atoms with Gasteiger partial charge in [-0.05, 0) is 31.4 Å². The third-order valence-corrected chi connectivity index (χ3v) is 4.43. The van der Waals surface area contributed by atoms with Gasteiger partial charge >= 0.3 is 0 Å². The first-order valence-corrected chi connectivity index (χ1v) is 6.84. The number of thioether (sulfide) groups is 1. The summed E-state index contributed by atoms with van der Waals surface area (Å²) in [5, 5.41) is 4.35. The van der Waals surface area contributed by atoms with E-state index >= 15 is 0 Å². The van der Waals surface area contributed by atoms with Crippen molar-refractivity contribution in [3.05, 3.63) is 11.7 Å². The average molecular weight is 238 g/mol. The highest BCUT2D eigenvalue weighted by Gasteiger charge is 2.31. The van der Waals surface area contributed by atoms with Crippen molar-refractivity contribution in [3.8, 4) is 0 Å². The molecule has 1 aromatic heterocycles. The lowest BCUT2D eigenvalue weighted by molar-refractivity contribution is -0.119. The Kier molecular flexibility index (Phi) is 2.71. The number of rotatable bonds is 4. The van der Waals surface area contributed by atoms with Crippen molar-refractivity contribution in [1.82, 2.24) is 10.1 Å². The number of Topliss-reactive ketones (excluding diaryl/α,β-unsaturated/α-hetero) is 1. The molecule has 1 unspecified atom stereocenters. The summed E-state index contributed by atoms with van der Waals surface area (Å²) in [6.45, 7) is 0. The van der Waals surface area contributed by atoms with Gasteiger partial charge in [0.05, 0.1) is 11.7 Å². The van der Waals surface area contributed by atoms with Crippen LogP contribution in [-0.4, -0.2) is 21.7 Å². The van der Waals surface area contributed by atoms with Crippen LogP contribution in [0.3, 0.4) is 0 Å². The first kappa shape index (κ1) is 10.3. The molecule has 1 saturated heterocycles. The normalized spacial score (nSPS) is 24.9. The Morgan fingerprint density at radius 1 is 1.44 bits per heavy atom. The molecule has 0 N–H and O–H groups in total. The van der Waals surface area contributed by atoms with Gasteiger partial charge in [-0.2, -0.15) is 16.7 Å². The highest BCUT2D eigenvalue weighted by atomic mass is 32.2. The maximum Gasteiger partial charge on any atom is 0.234 e. The smallest absolute Gasteiger partial charge is 0.234 e. The van der Waals surface area contributed by atoms with Crippen molar-refractivity contribution < 1.29 is 9.32 Å². The summed E-state index contributed by atoms with van der Waals surface area (Å²) in [7, 11) is 0. The molecule has 1 saturated carbocycles. The van der Waals surface area contributed by atoms with Crippen LogP contribution in [0.25, 0.3) is 0 Å². The Morgan fingerprint density at radius 2 is 2.31 bits per heavy atom. The lowest BCUT2D eigenvalue weighted by Crippen LogP contribution is -2.05. The Labute approximate surface area is 98.2 Å². The molecule has 2 aliphatic rings. The molecule has 1 aromatic rings. The average Bonchev–Trinajstić information content (AvgIpc) is 2.80. The number of nitrogens with zero attached hydrogens (tertiary/aromatic N) is 2. The zero-order chi connectivity index (χ0) is 11.0. The predicted octanol–water partition coefficient (Wildman–Crippen LogP) is 2.16. The van der Waals surface area contributed by atoms with Crippen molar-refractivity contribution in [1.29, 1.82) is 0 Å². The fourth-order valence-corrected chi connectivity index (χ4v) is 3.15. The highest BCUT2D eigenvalue weighted by Crippen LogP contribution is 2.38. The number of hydrogen-bond acceptors (Lipinski definition) is 5. The lowest BCUT2D eigenvalue weighted by Gasteiger charge is -1.98. The van der Waals surface area contributed by atoms with Crippen LogP contribution in [0.5, 0.6) is 0 Å². The van der Waals surface area contributed by atoms with Gasteiger partial charge in [0.25, 0.3) is 0 Å². The molecular weight excluding hydrogens is 224 g/mol. The minimum Gasteiger partial charge on any atom is -0.339 e. The van der Waals surface area contributed by atoms with Crippen LogP contribution in [0.2, 0.25) is 0 Å². The van der Waals surface area contributed by atoms with Gasteiger partial charge in [0, 0.05) is 5.92 Å². The number of hydrogen-bond donors (Lipinski definition) is 0. The van der Waals surface area contributed by atoms with Crippen molar-refractivity contribution >= 4 is 17.5 Å². The third-order valence-electron chi connectivity index (χ3n) is 3.06. The second kappa shape index (κ2) is 4.20. The molecule has 4 nitrogen and oxygen atoms in total. The molecule has 2 heterocycles. The quantitative estimate of drug-likeness (QED) is 0.804. The second-order valence-electron chi connectivity index (χ2n) is 4.47. The van der Waals surface area contributed by atoms with Crippen LogP contribution < -0.4 is 0 Å². The molecule has 0 bridgehead atoms. The van der Waals surface area contributed by atoms with Crippen LogP contribution in [0.4, 0.5) is 0 Å². The minimum absolute atomic E-state index is 0.259. The van der Waals surface area contributed by atoms with E-state index in [1.54, 1.807) is 0 Å². The van der Waals surface area contributed by atoms with Crippen molar-refractivity contribution in [2.75, 3.05) is 5.75 Å². The molecule has 1 aliphatic carbocycles. The van der Waals surface area contributed by atoms with Crippen LogP contribution >= 0.6 is 11.8 Å². The van der Waals surface area contributed by atoms with Gasteiger partial charge in [-0.1, -0.05) is 5.16 Å². The molecule has 0 spiro atoms. The topological polar surface area (TPSA) is 56.0 Å². The number of carbonyl (C=O) groups excluding carboxylic acids is 1. The third kappa shape index (κ3) is 2.14.